The van der Waals surface area contributed by atoms with E-state index in [1.807, 2.05) is 61.5 Å². The highest BCUT2D eigenvalue weighted by molar-refractivity contribution is 9.10. The summed E-state index contributed by atoms with van der Waals surface area (Å²) in [5.74, 6) is -0.166. The molecule has 1 fully saturated rings. The van der Waals surface area contributed by atoms with Crippen LogP contribution >= 0.6 is 15.9 Å². The standard InChI is InChI=1S/C23H27BrN2O3S/c1-2-22(19-8-10-21(24)11-9-19)25-23(27)20-12-15-26(16-13-20)30(28,29)17-14-18-6-4-3-5-7-18/h3-11,14,17,20,22H,2,12-13,15-16H2,1H3,(H,25,27). The summed E-state index contributed by atoms with van der Waals surface area (Å²) >= 11 is 3.43. The highest BCUT2D eigenvalue weighted by atomic mass is 79.9. The molecule has 1 heterocycles. The molecule has 30 heavy (non-hydrogen) atoms. The lowest BCUT2D eigenvalue weighted by Gasteiger charge is -2.30. The minimum Gasteiger partial charge on any atom is -0.349 e. The molecule has 7 heteroatoms. The Morgan fingerprint density at radius 3 is 2.37 bits per heavy atom. The SMILES string of the molecule is CCC(NC(=O)C1CCN(S(=O)(=O)C=Cc2ccccc2)CC1)c1ccc(Br)cc1. The van der Waals surface area contributed by atoms with Crippen molar-refractivity contribution < 1.29 is 13.2 Å². The number of hydrogen-bond acceptors (Lipinski definition) is 3. The number of hydrogen-bond donors (Lipinski definition) is 1. The second-order valence-corrected chi connectivity index (χ2v) is 10.2. The first-order chi connectivity index (χ1) is 14.4. The van der Waals surface area contributed by atoms with Crippen LogP contribution in [0.4, 0.5) is 0 Å². The summed E-state index contributed by atoms with van der Waals surface area (Å²) in [6.07, 6.45) is 3.46. The monoisotopic (exact) mass is 490 g/mol. The minimum absolute atomic E-state index is 0.00152. The van der Waals surface area contributed by atoms with Gasteiger partial charge >= 0.3 is 0 Å². The number of carbonyl (C=O) groups is 1. The number of nitrogens with one attached hydrogen (secondary N) is 1. The number of amides is 1. The van der Waals surface area contributed by atoms with Gasteiger partial charge in [-0.25, -0.2) is 8.42 Å². The molecule has 0 spiro atoms. The first-order valence-electron chi connectivity index (χ1n) is 10.2. The van der Waals surface area contributed by atoms with Gasteiger partial charge in [0.25, 0.3) is 0 Å². The van der Waals surface area contributed by atoms with Crippen LogP contribution in [0.1, 0.15) is 43.4 Å². The molecule has 2 aromatic carbocycles. The largest absolute Gasteiger partial charge is 0.349 e. The number of sulfonamides is 1. The molecule has 0 radical (unpaired) electrons. The Labute approximate surface area is 187 Å². The summed E-state index contributed by atoms with van der Waals surface area (Å²) in [4.78, 5) is 12.8. The topological polar surface area (TPSA) is 66.5 Å². The van der Waals surface area contributed by atoms with Gasteiger partial charge in [0.1, 0.15) is 0 Å². The smallest absolute Gasteiger partial charge is 0.236 e. The van der Waals surface area contributed by atoms with Crippen LogP contribution in [0.3, 0.4) is 0 Å². The molecular formula is C23H27BrN2O3S. The van der Waals surface area contributed by atoms with E-state index in [0.717, 1.165) is 22.0 Å². The lowest BCUT2D eigenvalue weighted by Crippen LogP contribution is -2.43. The number of benzene rings is 2. The van der Waals surface area contributed by atoms with Crippen LogP contribution in [0.2, 0.25) is 0 Å². The van der Waals surface area contributed by atoms with Gasteiger partial charge in [-0.2, -0.15) is 4.31 Å². The Hall–Kier alpha value is -1.96. The van der Waals surface area contributed by atoms with Gasteiger partial charge in [-0.05, 0) is 48.6 Å². The number of nitrogens with zero attached hydrogens (tertiary/aromatic N) is 1. The third kappa shape index (κ3) is 6.03. The van der Waals surface area contributed by atoms with E-state index in [9.17, 15) is 13.2 Å². The van der Waals surface area contributed by atoms with Gasteiger partial charge in [-0.15, -0.1) is 0 Å². The van der Waals surface area contributed by atoms with Crippen molar-refractivity contribution in [2.75, 3.05) is 13.1 Å². The molecule has 160 valence electrons. The minimum atomic E-state index is -3.49. The summed E-state index contributed by atoms with van der Waals surface area (Å²) in [5, 5.41) is 4.39. The van der Waals surface area contributed by atoms with Crippen molar-refractivity contribution in [3.8, 4) is 0 Å². The van der Waals surface area contributed by atoms with E-state index in [1.54, 1.807) is 6.08 Å². The summed E-state index contributed by atoms with van der Waals surface area (Å²) in [7, 11) is -3.49. The average Bonchev–Trinajstić information content (AvgIpc) is 2.77. The van der Waals surface area contributed by atoms with Crippen molar-refractivity contribution in [2.24, 2.45) is 5.92 Å². The van der Waals surface area contributed by atoms with Gasteiger partial charge in [0.2, 0.25) is 15.9 Å². The first-order valence-corrected chi connectivity index (χ1v) is 12.5. The molecule has 2 aromatic rings. The van der Waals surface area contributed by atoms with E-state index in [0.29, 0.717) is 25.9 Å². The highest BCUT2D eigenvalue weighted by Crippen LogP contribution is 2.24. The zero-order valence-corrected chi connectivity index (χ0v) is 19.4. The predicted molar refractivity (Wildman–Crippen MR) is 124 cm³/mol. The number of halogens is 1. The van der Waals surface area contributed by atoms with Crippen LogP contribution in [0.25, 0.3) is 6.08 Å². The van der Waals surface area contributed by atoms with Crippen molar-refractivity contribution in [1.29, 1.82) is 0 Å². The highest BCUT2D eigenvalue weighted by Gasteiger charge is 2.30. The quantitative estimate of drug-likeness (QED) is 0.609. The third-order valence-electron chi connectivity index (χ3n) is 5.41. The molecular weight excluding hydrogens is 464 g/mol. The van der Waals surface area contributed by atoms with Crippen LogP contribution in [0.5, 0.6) is 0 Å². The van der Waals surface area contributed by atoms with Crippen LogP contribution in [0, 0.1) is 5.92 Å². The molecule has 1 N–H and O–H groups in total. The maximum atomic E-state index is 12.8. The number of carbonyl (C=O) groups excluding carboxylic acids is 1. The van der Waals surface area contributed by atoms with Crippen molar-refractivity contribution in [3.63, 3.8) is 0 Å². The Balaban J connectivity index is 1.55. The summed E-state index contributed by atoms with van der Waals surface area (Å²) in [6, 6.07) is 17.3. The Kier molecular flexibility index (Phi) is 7.86. The van der Waals surface area contributed by atoms with Crippen molar-refractivity contribution in [1.82, 2.24) is 9.62 Å². The van der Waals surface area contributed by atoms with Gasteiger partial charge in [-0.3, -0.25) is 4.79 Å². The fourth-order valence-electron chi connectivity index (χ4n) is 3.59. The van der Waals surface area contributed by atoms with Crippen LogP contribution in [0.15, 0.2) is 64.5 Å². The zero-order chi connectivity index (χ0) is 21.6. The molecule has 0 aliphatic carbocycles. The fraction of sp³-hybridized carbons (Fsp3) is 0.348. The number of piperidine rings is 1. The van der Waals surface area contributed by atoms with E-state index in [1.165, 1.54) is 9.71 Å². The molecule has 0 aromatic heterocycles. The molecule has 1 aliphatic heterocycles. The Morgan fingerprint density at radius 2 is 1.77 bits per heavy atom. The van der Waals surface area contributed by atoms with Crippen LogP contribution in [-0.2, 0) is 14.8 Å². The molecule has 1 atom stereocenters. The van der Waals surface area contributed by atoms with Gasteiger partial charge in [0, 0.05) is 28.9 Å². The van der Waals surface area contributed by atoms with E-state index >= 15 is 0 Å². The molecule has 1 unspecified atom stereocenters. The third-order valence-corrected chi connectivity index (χ3v) is 7.51. The summed E-state index contributed by atoms with van der Waals surface area (Å²) in [5.41, 5.74) is 1.91. The molecule has 1 saturated heterocycles. The molecule has 3 rings (SSSR count). The summed E-state index contributed by atoms with van der Waals surface area (Å²) < 4.78 is 27.7. The molecule has 1 aliphatic rings. The lowest BCUT2D eigenvalue weighted by atomic mass is 9.96. The molecule has 0 bridgehead atoms. The van der Waals surface area contributed by atoms with Gasteiger partial charge in [-0.1, -0.05) is 65.3 Å². The van der Waals surface area contributed by atoms with Gasteiger partial charge in [0.05, 0.1) is 6.04 Å². The molecule has 1 amide bonds. The van der Waals surface area contributed by atoms with Crippen LogP contribution in [-0.4, -0.2) is 31.7 Å². The van der Waals surface area contributed by atoms with E-state index in [4.69, 9.17) is 0 Å². The molecule has 0 saturated carbocycles. The fourth-order valence-corrected chi connectivity index (χ4v) is 5.08. The van der Waals surface area contributed by atoms with E-state index in [-0.39, 0.29) is 17.9 Å². The molecule has 5 nitrogen and oxygen atoms in total. The van der Waals surface area contributed by atoms with Gasteiger partial charge < -0.3 is 5.32 Å². The van der Waals surface area contributed by atoms with Gasteiger partial charge in [0.15, 0.2) is 0 Å². The number of rotatable bonds is 7. The summed E-state index contributed by atoms with van der Waals surface area (Å²) in [6.45, 7) is 2.75. The lowest BCUT2D eigenvalue weighted by molar-refractivity contribution is -0.126. The second kappa shape index (κ2) is 10.4. The Bertz CT molecular complexity index is 967. The zero-order valence-electron chi connectivity index (χ0n) is 17.0. The normalized spacial score (nSPS) is 17.1. The predicted octanol–water partition coefficient (Wildman–Crippen LogP) is 4.73. The second-order valence-electron chi connectivity index (χ2n) is 7.45. The average molecular weight is 491 g/mol. The first kappa shape index (κ1) is 22.7. The maximum Gasteiger partial charge on any atom is 0.236 e. The van der Waals surface area contributed by atoms with E-state index in [2.05, 4.69) is 21.2 Å². The Morgan fingerprint density at radius 1 is 1.13 bits per heavy atom. The maximum absolute atomic E-state index is 12.8. The van der Waals surface area contributed by atoms with Crippen molar-refractivity contribution in [2.45, 2.75) is 32.2 Å². The van der Waals surface area contributed by atoms with E-state index < -0.39 is 10.0 Å². The van der Waals surface area contributed by atoms with Crippen LogP contribution < -0.4 is 5.32 Å². The van der Waals surface area contributed by atoms with Crippen molar-refractivity contribution in [3.05, 3.63) is 75.6 Å². The van der Waals surface area contributed by atoms with Crippen molar-refractivity contribution >= 4 is 37.9 Å².